The van der Waals surface area contributed by atoms with Crippen molar-refractivity contribution in [3.63, 3.8) is 0 Å². The molecule has 0 bridgehead atoms. The topological polar surface area (TPSA) is 24.8 Å². The lowest BCUT2D eigenvalue weighted by Crippen LogP contribution is -2.19. The third-order valence-electron chi connectivity index (χ3n) is 4.61. The van der Waals surface area contributed by atoms with Gasteiger partial charge in [-0.25, -0.2) is 0 Å². The van der Waals surface area contributed by atoms with E-state index in [-0.39, 0.29) is 6.04 Å². The van der Waals surface area contributed by atoms with Crippen LogP contribution >= 0.6 is 15.9 Å². The van der Waals surface area contributed by atoms with Crippen molar-refractivity contribution in [2.45, 2.75) is 12.5 Å². The molecule has 0 amide bonds. The second-order valence-corrected chi connectivity index (χ2v) is 7.11. The van der Waals surface area contributed by atoms with Crippen molar-refractivity contribution in [3.8, 4) is 5.75 Å². The highest BCUT2D eigenvalue weighted by atomic mass is 79.9. The minimum Gasteiger partial charge on any atom is -0.496 e. The van der Waals surface area contributed by atoms with Crippen LogP contribution < -0.4 is 9.75 Å². The minimum absolute atomic E-state index is 0.0996. The Hall–Kier alpha value is -2.59. The fourth-order valence-electron chi connectivity index (χ4n) is 3.33. The molecule has 3 nitrogen and oxygen atoms in total. The molecule has 0 radical (unpaired) electrons. The maximum Gasteiger partial charge on any atom is 0.124 e. The molecule has 130 valence electrons. The Bertz CT molecular complexity index is 922. The van der Waals surface area contributed by atoms with Gasteiger partial charge in [0.1, 0.15) is 5.75 Å². The highest BCUT2D eigenvalue weighted by molar-refractivity contribution is 9.10. The molecule has 26 heavy (non-hydrogen) atoms. The van der Waals surface area contributed by atoms with Gasteiger partial charge < -0.3 is 4.74 Å². The maximum absolute atomic E-state index is 5.62. The van der Waals surface area contributed by atoms with Crippen molar-refractivity contribution in [1.82, 2.24) is 0 Å². The first-order valence-electron chi connectivity index (χ1n) is 8.57. The number of halogens is 1. The number of hydrogen-bond donors (Lipinski definition) is 0. The van der Waals surface area contributed by atoms with Gasteiger partial charge in [-0.05, 0) is 35.9 Å². The summed E-state index contributed by atoms with van der Waals surface area (Å²) < 4.78 is 6.67. The highest BCUT2D eigenvalue weighted by Gasteiger charge is 2.31. The Balaban J connectivity index is 1.78. The third-order valence-corrected chi connectivity index (χ3v) is 5.14. The van der Waals surface area contributed by atoms with Gasteiger partial charge in [0.05, 0.1) is 24.6 Å². The van der Waals surface area contributed by atoms with E-state index in [1.54, 1.807) is 7.11 Å². The molecule has 0 fully saturated rings. The van der Waals surface area contributed by atoms with Gasteiger partial charge in [-0.3, -0.25) is 5.01 Å². The van der Waals surface area contributed by atoms with Gasteiger partial charge in [0.25, 0.3) is 0 Å². The van der Waals surface area contributed by atoms with Crippen LogP contribution in [0.4, 0.5) is 5.69 Å². The molecule has 1 aliphatic rings. The molecule has 1 atom stereocenters. The minimum atomic E-state index is 0.0996. The van der Waals surface area contributed by atoms with Gasteiger partial charge in [0.15, 0.2) is 0 Å². The lowest BCUT2D eigenvalue weighted by Gasteiger charge is -2.25. The lowest BCUT2D eigenvalue weighted by atomic mass is 9.97. The largest absolute Gasteiger partial charge is 0.496 e. The van der Waals surface area contributed by atoms with Crippen LogP contribution in [0, 0.1) is 0 Å². The van der Waals surface area contributed by atoms with Crippen molar-refractivity contribution in [3.05, 3.63) is 94.5 Å². The number of hydrogen-bond acceptors (Lipinski definition) is 3. The predicted molar refractivity (Wildman–Crippen MR) is 110 cm³/mol. The number of methoxy groups -OCH3 is 1. The molecular weight excluding hydrogens is 388 g/mol. The van der Waals surface area contributed by atoms with E-state index in [1.807, 2.05) is 30.3 Å². The smallest absolute Gasteiger partial charge is 0.124 e. The summed E-state index contributed by atoms with van der Waals surface area (Å²) in [4.78, 5) is 0. The summed E-state index contributed by atoms with van der Waals surface area (Å²) in [6.07, 6.45) is 0.834. The molecule has 1 heterocycles. The molecule has 0 aliphatic carbocycles. The molecular formula is C22H19BrN2O. The van der Waals surface area contributed by atoms with Crippen molar-refractivity contribution in [2.75, 3.05) is 12.1 Å². The Morgan fingerprint density at radius 1 is 0.923 bits per heavy atom. The van der Waals surface area contributed by atoms with Crippen molar-refractivity contribution >= 4 is 27.3 Å². The van der Waals surface area contributed by atoms with E-state index in [2.05, 4.69) is 69.5 Å². The Morgan fingerprint density at radius 3 is 2.35 bits per heavy atom. The molecule has 4 heteroatoms. The number of rotatable bonds is 4. The number of benzene rings is 3. The van der Waals surface area contributed by atoms with Gasteiger partial charge in [-0.15, -0.1) is 0 Å². The molecule has 3 aromatic rings. The van der Waals surface area contributed by atoms with Crippen LogP contribution in [-0.2, 0) is 0 Å². The summed E-state index contributed by atoms with van der Waals surface area (Å²) in [5.41, 5.74) is 4.46. The summed E-state index contributed by atoms with van der Waals surface area (Å²) in [6.45, 7) is 0. The van der Waals surface area contributed by atoms with Crippen molar-refractivity contribution in [1.29, 1.82) is 0 Å². The average Bonchev–Trinajstić information content (AvgIpc) is 3.14. The molecule has 3 aromatic carbocycles. The second-order valence-electron chi connectivity index (χ2n) is 6.20. The van der Waals surface area contributed by atoms with E-state index >= 15 is 0 Å². The standard InChI is InChI=1S/C22H19BrN2O/c1-26-22-10-6-5-9-19(22)21-15-20(16-7-3-2-4-8-16)24-25(21)18-13-11-17(23)12-14-18/h2-14,21H,15H2,1H3. The van der Waals surface area contributed by atoms with E-state index in [1.165, 1.54) is 0 Å². The normalized spacial score (nSPS) is 16.5. The predicted octanol–water partition coefficient (Wildman–Crippen LogP) is 5.81. The number of para-hydroxylation sites is 1. The molecule has 1 unspecified atom stereocenters. The zero-order chi connectivity index (χ0) is 17.9. The Morgan fingerprint density at radius 2 is 1.62 bits per heavy atom. The summed E-state index contributed by atoms with van der Waals surface area (Å²) in [6, 6.07) is 26.9. The highest BCUT2D eigenvalue weighted by Crippen LogP contribution is 2.40. The van der Waals surface area contributed by atoms with Crippen molar-refractivity contribution in [2.24, 2.45) is 5.10 Å². The van der Waals surface area contributed by atoms with Gasteiger partial charge in [0, 0.05) is 16.5 Å². The van der Waals surface area contributed by atoms with Gasteiger partial charge in [-0.2, -0.15) is 5.10 Å². The monoisotopic (exact) mass is 406 g/mol. The molecule has 0 N–H and O–H groups in total. The van der Waals surface area contributed by atoms with Crippen LogP contribution in [0.3, 0.4) is 0 Å². The van der Waals surface area contributed by atoms with Gasteiger partial charge >= 0.3 is 0 Å². The third kappa shape index (κ3) is 3.25. The number of anilines is 1. The van der Waals surface area contributed by atoms with E-state index in [9.17, 15) is 0 Å². The Labute approximate surface area is 162 Å². The lowest BCUT2D eigenvalue weighted by molar-refractivity contribution is 0.405. The SMILES string of the molecule is COc1ccccc1C1CC(c2ccccc2)=NN1c1ccc(Br)cc1. The first kappa shape index (κ1) is 16.9. The zero-order valence-corrected chi connectivity index (χ0v) is 16.1. The molecule has 0 spiro atoms. The first-order valence-corrected chi connectivity index (χ1v) is 9.36. The van der Waals surface area contributed by atoms with Gasteiger partial charge in [0.2, 0.25) is 0 Å². The van der Waals surface area contributed by atoms with Crippen LogP contribution in [0.5, 0.6) is 5.75 Å². The summed E-state index contributed by atoms with van der Waals surface area (Å²) in [7, 11) is 1.72. The fourth-order valence-corrected chi connectivity index (χ4v) is 3.60. The molecule has 0 aromatic heterocycles. The summed E-state index contributed by atoms with van der Waals surface area (Å²) >= 11 is 3.51. The Kier molecular flexibility index (Phi) is 4.76. The quantitative estimate of drug-likeness (QED) is 0.545. The van der Waals surface area contributed by atoms with Crippen molar-refractivity contribution < 1.29 is 4.74 Å². The zero-order valence-electron chi connectivity index (χ0n) is 14.5. The van der Waals surface area contributed by atoms with Crippen LogP contribution in [-0.4, -0.2) is 12.8 Å². The van der Waals surface area contributed by atoms with E-state index in [0.717, 1.165) is 39.2 Å². The van der Waals surface area contributed by atoms with Crippen LogP contribution in [0.25, 0.3) is 0 Å². The molecule has 1 aliphatic heterocycles. The number of hydrazone groups is 1. The van der Waals surface area contributed by atoms with Crippen LogP contribution in [0.15, 0.2) is 88.4 Å². The average molecular weight is 407 g/mol. The van der Waals surface area contributed by atoms with E-state index in [4.69, 9.17) is 9.84 Å². The van der Waals surface area contributed by atoms with Gasteiger partial charge in [-0.1, -0.05) is 64.5 Å². The molecule has 4 rings (SSSR count). The van der Waals surface area contributed by atoms with E-state index < -0.39 is 0 Å². The van der Waals surface area contributed by atoms with E-state index in [0.29, 0.717) is 0 Å². The summed E-state index contributed by atoms with van der Waals surface area (Å²) in [5.74, 6) is 0.893. The summed E-state index contributed by atoms with van der Waals surface area (Å²) in [5, 5.41) is 7.07. The van der Waals surface area contributed by atoms with Crippen LogP contribution in [0.1, 0.15) is 23.6 Å². The fraction of sp³-hybridized carbons (Fsp3) is 0.136. The first-order chi connectivity index (χ1) is 12.8. The van der Waals surface area contributed by atoms with Crippen LogP contribution in [0.2, 0.25) is 0 Å². The second kappa shape index (κ2) is 7.34. The number of ether oxygens (including phenoxy) is 1. The number of nitrogens with zero attached hydrogens (tertiary/aromatic N) is 2. The maximum atomic E-state index is 5.62. The molecule has 0 saturated carbocycles. The molecule has 0 saturated heterocycles.